The standard InChI is InChI=1S/C17H18FNO3/c1-22-16-8-7-13(10-15(16)18)17(21)19-14(11-20)9-12-5-3-2-4-6-12/h2-8,10,14,20H,9,11H2,1H3,(H,19,21). The van der Waals surface area contributed by atoms with Gasteiger partial charge >= 0.3 is 0 Å². The van der Waals surface area contributed by atoms with Gasteiger partial charge in [0.2, 0.25) is 0 Å². The van der Waals surface area contributed by atoms with Gasteiger partial charge < -0.3 is 15.2 Å². The van der Waals surface area contributed by atoms with Crippen molar-refractivity contribution in [3.8, 4) is 5.75 Å². The molecule has 2 N–H and O–H groups in total. The largest absolute Gasteiger partial charge is 0.494 e. The van der Waals surface area contributed by atoms with E-state index in [1.165, 1.54) is 19.2 Å². The van der Waals surface area contributed by atoms with E-state index in [9.17, 15) is 14.3 Å². The summed E-state index contributed by atoms with van der Waals surface area (Å²) < 4.78 is 18.4. The van der Waals surface area contributed by atoms with Crippen molar-refractivity contribution in [2.45, 2.75) is 12.5 Å². The Hall–Kier alpha value is -2.40. The summed E-state index contributed by atoms with van der Waals surface area (Å²) in [6.07, 6.45) is 0.502. The lowest BCUT2D eigenvalue weighted by Gasteiger charge is -2.16. The molecular weight excluding hydrogens is 285 g/mol. The number of carbonyl (C=O) groups is 1. The Bertz CT molecular complexity index is 631. The number of ether oxygens (including phenoxy) is 1. The third-order valence-corrected chi connectivity index (χ3v) is 3.29. The Morgan fingerprint density at radius 2 is 2.00 bits per heavy atom. The van der Waals surface area contributed by atoms with Gasteiger partial charge in [-0.05, 0) is 30.2 Å². The van der Waals surface area contributed by atoms with Crippen LogP contribution in [0, 0.1) is 5.82 Å². The van der Waals surface area contributed by atoms with E-state index < -0.39 is 17.8 Å². The number of amides is 1. The summed E-state index contributed by atoms with van der Waals surface area (Å²) in [5.74, 6) is -0.949. The molecule has 0 saturated heterocycles. The Morgan fingerprint density at radius 1 is 1.27 bits per heavy atom. The molecule has 0 aromatic heterocycles. The van der Waals surface area contributed by atoms with Gasteiger partial charge in [0.15, 0.2) is 11.6 Å². The molecule has 1 unspecified atom stereocenters. The third kappa shape index (κ3) is 4.05. The van der Waals surface area contributed by atoms with Gasteiger partial charge in [0.1, 0.15) is 0 Å². The van der Waals surface area contributed by atoms with Crippen molar-refractivity contribution in [3.05, 3.63) is 65.5 Å². The highest BCUT2D eigenvalue weighted by atomic mass is 19.1. The number of rotatable bonds is 6. The van der Waals surface area contributed by atoms with Crippen LogP contribution < -0.4 is 10.1 Å². The van der Waals surface area contributed by atoms with E-state index in [0.29, 0.717) is 6.42 Å². The minimum Gasteiger partial charge on any atom is -0.494 e. The summed E-state index contributed by atoms with van der Waals surface area (Å²) in [5.41, 5.74) is 1.19. The highest BCUT2D eigenvalue weighted by molar-refractivity contribution is 5.94. The maximum Gasteiger partial charge on any atom is 0.251 e. The highest BCUT2D eigenvalue weighted by Gasteiger charge is 2.15. The maximum absolute atomic E-state index is 13.6. The fourth-order valence-electron chi connectivity index (χ4n) is 2.14. The number of hydrogen-bond acceptors (Lipinski definition) is 3. The average Bonchev–Trinajstić information content (AvgIpc) is 2.55. The minimum absolute atomic E-state index is 0.0829. The van der Waals surface area contributed by atoms with Crippen LogP contribution in [0.1, 0.15) is 15.9 Å². The number of hydrogen-bond donors (Lipinski definition) is 2. The van der Waals surface area contributed by atoms with Crippen molar-refractivity contribution >= 4 is 5.91 Å². The van der Waals surface area contributed by atoms with Gasteiger partial charge in [-0.2, -0.15) is 0 Å². The SMILES string of the molecule is COc1ccc(C(=O)NC(CO)Cc2ccccc2)cc1F. The molecule has 5 heteroatoms. The quantitative estimate of drug-likeness (QED) is 0.860. The molecule has 4 nitrogen and oxygen atoms in total. The van der Waals surface area contributed by atoms with E-state index in [1.54, 1.807) is 0 Å². The lowest BCUT2D eigenvalue weighted by Crippen LogP contribution is -2.39. The van der Waals surface area contributed by atoms with Crippen molar-refractivity contribution in [3.63, 3.8) is 0 Å². The molecule has 1 amide bonds. The molecule has 2 aromatic carbocycles. The molecule has 0 saturated carbocycles. The zero-order chi connectivity index (χ0) is 15.9. The monoisotopic (exact) mass is 303 g/mol. The number of carbonyl (C=O) groups excluding carboxylic acids is 1. The molecule has 0 aliphatic carbocycles. The lowest BCUT2D eigenvalue weighted by atomic mass is 10.1. The minimum atomic E-state index is -0.598. The van der Waals surface area contributed by atoms with Crippen molar-refractivity contribution in [2.24, 2.45) is 0 Å². The van der Waals surface area contributed by atoms with E-state index in [0.717, 1.165) is 11.6 Å². The predicted molar refractivity (Wildman–Crippen MR) is 81.4 cm³/mol. The second-order valence-corrected chi connectivity index (χ2v) is 4.89. The van der Waals surface area contributed by atoms with Crippen molar-refractivity contribution in [1.29, 1.82) is 0 Å². The molecule has 116 valence electrons. The van der Waals surface area contributed by atoms with Crippen LogP contribution in [-0.2, 0) is 6.42 Å². The molecule has 0 spiro atoms. The molecule has 2 aromatic rings. The Kier molecular flexibility index (Phi) is 5.49. The number of halogens is 1. The van der Waals surface area contributed by atoms with E-state index in [-0.39, 0.29) is 17.9 Å². The molecular formula is C17H18FNO3. The first-order valence-electron chi connectivity index (χ1n) is 6.93. The van der Waals surface area contributed by atoms with Gasteiger partial charge in [-0.25, -0.2) is 4.39 Å². The van der Waals surface area contributed by atoms with E-state index in [1.807, 2.05) is 30.3 Å². The first kappa shape index (κ1) is 16.0. The van der Waals surface area contributed by atoms with Crippen LogP contribution in [0.4, 0.5) is 4.39 Å². The number of nitrogens with one attached hydrogen (secondary N) is 1. The Labute approximate surface area is 128 Å². The summed E-state index contributed by atoms with van der Waals surface area (Å²) in [7, 11) is 1.36. The summed E-state index contributed by atoms with van der Waals surface area (Å²) in [4.78, 5) is 12.1. The molecule has 2 rings (SSSR count). The van der Waals surface area contributed by atoms with E-state index in [2.05, 4.69) is 5.32 Å². The van der Waals surface area contributed by atoms with Crippen LogP contribution in [0.5, 0.6) is 5.75 Å². The van der Waals surface area contributed by atoms with E-state index >= 15 is 0 Å². The molecule has 0 heterocycles. The third-order valence-electron chi connectivity index (χ3n) is 3.29. The molecule has 0 bridgehead atoms. The van der Waals surface area contributed by atoms with E-state index in [4.69, 9.17) is 4.74 Å². The summed E-state index contributed by atoms with van der Waals surface area (Å²) in [6, 6.07) is 13.1. The fourth-order valence-corrected chi connectivity index (χ4v) is 2.14. The first-order valence-corrected chi connectivity index (χ1v) is 6.93. The Morgan fingerprint density at radius 3 is 2.59 bits per heavy atom. The molecule has 1 atom stereocenters. The molecule has 0 aliphatic heterocycles. The number of aliphatic hydroxyl groups is 1. The average molecular weight is 303 g/mol. The van der Waals surface area contributed by atoms with Gasteiger partial charge in [0.25, 0.3) is 5.91 Å². The van der Waals surface area contributed by atoms with Gasteiger partial charge in [-0.15, -0.1) is 0 Å². The van der Waals surface area contributed by atoms with Crippen LogP contribution >= 0.6 is 0 Å². The normalized spacial score (nSPS) is 11.8. The van der Waals surface area contributed by atoms with Crippen LogP contribution in [0.2, 0.25) is 0 Å². The van der Waals surface area contributed by atoms with Crippen LogP contribution in [0.25, 0.3) is 0 Å². The molecule has 22 heavy (non-hydrogen) atoms. The number of aliphatic hydroxyl groups excluding tert-OH is 1. The van der Waals surface area contributed by atoms with Crippen molar-refractivity contribution in [1.82, 2.24) is 5.32 Å². The topological polar surface area (TPSA) is 58.6 Å². The second-order valence-electron chi connectivity index (χ2n) is 4.89. The zero-order valence-corrected chi connectivity index (χ0v) is 12.3. The number of methoxy groups -OCH3 is 1. The summed E-state index contributed by atoms with van der Waals surface area (Å²) in [5, 5.41) is 12.1. The van der Waals surface area contributed by atoms with Gasteiger partial charge in [-0.3, -0.25) is 4.79 Å². The van der Waals surface area contributed by atoms with Gasteiger partial charge in [0, 0.05) is 5.56 Å². The predicted octanol–water partition coefficient (Wildman–Crippen LogP) is 2.17. The maximum atomic E-state index is 13.6. The van der Waals surface area contributed by atoms with Gasteiger partial charge in [0.05, 0.1) is 19.8 Å². The second kappa shape index (κ2) is 7.56. The summed E-state index contributed by atoms with van der Waals surface area (Å²) in [6.45, 7) is -0.195. The molecule has 0 aliphatic rings. The Balaban J connectivity index is 2.04. The summed E-state index contributed by atoms with van der Waals surface area (Å²) >= 11 is 0. The van der Waals surface area contributed by atoms with Crippen molar-refractivity contribution in [2.75, 3.05) is 13.7 Å². The van der Waals surface area contributed by atoms with Crippen molar-refractivity contribution < 1.29 is 19.0 Å². The highest BCUT2D eigenvalue weighted by Crippen LogP contribution is 2.17. The van der Waals surface area contributed by atoms with Crippen LogP contribution in [0.15, 0.2) is 48.5 Å². The first-order chi connectivity index (χ1) is 10.6. The molecule has 0 radical (unpaired) electrons. The number of benzene rings is 2. The molecule has 0 fully saturated rings. The zero-order valence-electron chi connectivity index (χ0n) is 12.3. The van der Waals surface area contributed by atoms with Crippen LogP contribution in [0.3, 0.4) is 0 Å². The lowest BCUT2D eigenvalue weighted by molar-refractivity contribution is 0.0916. The fraction of sp³-hybridized carbons (Fsp3) is 0.235. The van der Waals surface area contributed by atoms with Gasteiger partial charge in [-0.1, -0.05) is 30.3 Å². The smallest absolute Gasteiger partial charge is 0.251 e. The van der Waals surface area contributed by atoms with Crippen LogP contribution in [-0.4, -0.2) is 30.8 Å².